The van der Waals surface area contributed by atoms with E-state index in [0.717, 1.165) is 3.57 Å². The topological polar surface area (TPSA) is 81.4 Å². The van der Waals surface area contributed by atoms with E-state index in [1.807, 2.05) is 22.6 Å². The van der Waals surface area contributed by atoms with Crippen LogP contribution in [0.5, 0.6) is 0 Å². The van der Waals surface area contributed by atoms with Crippen LogP contribution in [0, 0.1) is 3.57 Å². The maximum Gasteiger partial charge on any atom is 0.275 e. The van der Waals surface area contributed by atoms with Gasteiger partial charge in [-0.25, -0.2) is 5.48 Å². The molecule has 86 valence electrons. The molecule has 5 nitrogen and oxygen atoms in total. The van der Waals surface area contributed by atoms with Crippen LogP contribution >= 0.6 is 34.2 Å². The number of primary amides is 1. The fourth-order valence-electron chi connectivity index (χ4n) is 0.899. The zero-order valence-electron chi connectivity index (χ0n) is 8.00. The second-order valence-corrected chi connectivity index (χ2v) is 4.41. The van der Waals surface area contributed by atoms with Crippen LogP contribution in [0.25, 0.3) is 0 Å². The minimum atomic E-state index is -0.666. The third-order valence-electron chi connectivity index (χ3n) is 1.55. The van der Waals surface area contributed by atoms with Crippen LogP contribution < -0.4 is 11.2 Å². The van der Waals surface area contributed by atoms with E-state index in [9.17, 15) is 9.59 Å². The standard InChI is InChI=1S/C9H8ClIN2O3/c10-5-1-2-7(11)6(3-5)9(15)13-16-4-8(12)14/h1-3H,4H2,(H2,12,14)(H,13,15). The lowest BCUT2D eigenvalue weighted by Crippen LogP contribution is -2.29. The lowest BCUT2D eigenvalue weighted by atomic mass is 10.2. The summed E-state index contributed by atoms with van der Waals surface area (Å²) >= 11 is 7.74. The fraction of sp³-hybridized carbons (Fsp3) is 0.111. The Bertz CT molecular complexity index is 425. The molecule has 0 bridgehead atoms. The van der Waals surface area contributed by atoms with Crippen molar-refractivity contribution in [3.8, 4) is 0 Å². The van der Waals surface area contributed by atoms with Crippen molar-refractivity contribution in [2.45, 2.75) is 0 Å². The first-order valence-corrected chi connectivity index (χ1v) is 5.62. The van der Waals surface area contributed by atoms with Crippen LogP contribution in [0.1, 0.15) is 10.4 Å². The van der Waals surface area contributed by atoms with E-state index >= 15 is 0 Å². The molecule has 3 N–H and O–H groups in total. The first-order chi connectivity index (χ1) is 7.50. The fourth-order valence-corrected chi connectivity index (χ4v) is 1.65. The van der Waals surface area contributed by atoms with Crippen molar-refractivity contribution >= 4 is 46.0 Å². The molecule has 0 fully saturated rings. The van der Waals surface area contributed by atoms with E-state index in [4.69, 9.17) is 17.3 Å². The van der Waals surface area contributed by atoms with Crippen LogP contribution in [0.4, 0.5) is 0 Å². The third-order valence-corrected chi connectivity index (χ3v) is 2.73. The van der Waals surface area contributed by atoms with Crippen molar-refractivity contribution in [1.82, 2.24) is 5.48 Å². The smallest absolute Gasteiger partial charge is 0.275 e. The molecule has 0 unspecified atom stereocenters. The molecule has 1 aromatic carbocycles. The number of hydrogen-bond donors (Lipinski definition) is 2. The van der Waals surface area contributed by atoms with Gasteiger partial charge in [-0.1, -0.05) is 11.6 Å². The zero-order valence-corrected chi connectivity index (χ0v) is 10.9. The molecule has 16 heavy (non-hydrogen) atoms. The Balaban J connectivity index is 2.65. The highest BCUT2D eigenvalue weighted by molar-refractivity contribution is 14.1. The number of nitrogens with two attached hydrogens (primary N) is 1. The van der Waals surface area contributed by atoms with Gasteiger partial charge in [-0.2, -0.15) is 0 Å². The number of carbonyl (C=O) groups excluding carboxylic acids is 2. The van der Waals surface area contributed by atoms with E-state index in [1.54, 1.807) is 12.1 Å². The molecule has 0 spiro atoms. The van der Waals surface area contributed by atoms with Crippen LogP contribution in [0.2, 0.25) is 5.02 Å². The molecular weight excluding hydrogens is 346 g/mol. The van der Waals surface area contributed by atoms with Gasteiger partial charge in [-0.05, 0) is 40.8 Å². The van der Waals surface area contributed by atoms with E-state index < -0.39 is 11.8 Å². The molecule has 0 radical (unpaired) electrons. The maximum atomic E-state index is 11.5. The van der Waals surface area contributed by atoms with Crippen molar-refractivity contribution in [2.75, 3.05) is 6.61 Å². The number of benzene rings is 1. The molecule has 0 saturated heterocycles. The van der Waals surface area contributed by atoms with E-state index in [-0.39, 0.29) is 6.61 Å². The largest absolute Gasteiger partial charge is 0.368 e. The normalized spacial score (nSPS) is 9.88. The Kier molecular flexibility index (Phi) is 4.97. The van der Waals surface area contributed by atoms with Gasteiger partial charge in [0.2, 0.25) is 5.91 Å². The van der Waals surface area contributed by atoms with Crippen molar-refractivity contribution in [3.63, 3.8) is 0 Å². The number of halogens is 2. The van der Waals surface area contributed by atoms with Crippen LogP contribution in [0.3, 0.4) is 0 Å². The molecule has 0 aliphatic heterocycles. The number of carbonyl (C=O) groups is 2. The summed E-state index contributed by atoms with van der Waals surface area (Å²) < 4.78 is 0.724. The molecule has 0 aromatic heterocycles. The summed E-state index contributed by atoms with van der Waals surface area (Å²) in [6.07, 6.45) is 0. The van der Waals surface area contributed by atoms with Crippen molar-refractivity contribution in [1.29, 1.82) is 0 Å². The van der Waals surface area contributed by atoms with Gasteiger partial charge in [0.1, 0.15) is 0 Å². The third kappa shape index (κ3) is 3.95. The quantitative estimate of drug-likeness (QED) is 0.627. The predicted octanol–water partition coefficient (Wildman–Crippen LogP) is 1.09. The first-order valence-electron chi connectivity index (χ1n) is 4.16. The Morgan fingerprint density at radius 3 is 2.81 bits per heavy atom. The van der Waals surface area contributed by atoms with E-state index in [2.05, 4.69) is 10.3 Å². The lowest BCUT2D eigenvalue weighted by Gasteiger charge is -2.06. The average Bonchev–Trinajstić information content (AvgIpc) is 2.21. The molecule has 7 heteroatoms. The lowest BCUT2D eigenvalue weighted by molar-refractivity contribution is -0.124. The summed E-state index contributed by atoms with van der Waals surface area (Å²) in [4.78, 5) is 26.5. The van der Waals surface area contributed by atoms with Crippen LogP contribution in [0.15, 0.2) is 18.2 Å². The maximum absolute atomic E-state index is 11.5. The Hall–Kier alpha value is -0.860. The van der Waals surface area contributed by atoms with E-state index in [0.29, 0.717) is 10.6 Å². The van der Waals surface area contributed by atoms with Crippen molar-refractivity contribution in [2.24, 2.45) is 5.73 Å². The number of amides is 2. The number of rotatable bonds is 4. The molecule has 0 heterocycles. The molecule has 0 saturated carbocycles. The Morgan fingerprint density at radius 2 is 2.19 bits per heavy atom. The molecule has 1 rings (SSSR count). The summed E-state index contributed by atoms with van der Waals surface area (Å²) in [5.41, 5.74) is 7.30. The second kappa shape index (κ2) is 6.02. The monoisotopic (exact) mass is 354 g/mol. The van der Waals surface area contributed by atoms with Gasteiger partial charge in [-0.15, -0.1) is 0 Å². The van der Waals surface area contributed by atoms with Gasteiger partial charge >= 0.3 is 0 Å². The molecule has 0 atom stereocenters. The second-order valence-electron chi connectivity index (χ2n) is 2.81. The highest BCUT2D eigenvalue weighted by Gasteiger charge is 2.10. The average molecular weight is 355 g/mol. The summed E-state index contributed by atoms with van der Waals surface area (Å²) in [6.45, 7) is -0.372. The van der Waals surface area contributed by atoms with Gasteiger partial charge in [-0.3, -0.25) is 14.4 Å². The van der Waals surface area contributed by atoms with Crippen molar-refractivity contribution < 1.29 is 14.4 Å². The SMILES string of the molecule is NC(=O)CONC(=O)c1cc(Cl)ccc1I. The van der Waals surface area contributed by atoms with Crippen LogP contribution in [-0.2, 0) is 9.63 Å². The molecular formula is C9H8ClIN2O3. The highest BCUT2D eigenvalue weighted by Crippen LogP contribution is 2.17. The number of hydroxylamine groups is 1. The molecule has 0 aliphatic carbocycles. The number of hydrogen-bond acceptors (Lipinski definition) is 3. The molecule has 0 aliphatic rings. The molecule has 1 aromatic rings. The summed E-state index contributed by atoms with van der Waals surface area (Å²) in [7, 11) is 0. The minimum Gasteiger partial charge on any atom is -0.368 e. The van der Waals surface area contributed by atoms with Gasteiger partial charge in [0.05, 0.1) is 5.56 Å². The van der Waals surface area contributed by atoms with Gasteiger partial charge in [0, 0.05) is 8.59 Å². The van der Waals surface area contributed by atoms with Crippen molar-refractivity contribution in [3.05, 3.63) is 32.4 Å². The summed E-state index contributed by atoms with van der Waals surface area (Å²) in [5.74, 6) is -1.14. The Morgan fingerprint density at radius 1 is 1.50 bits per heavy atom. The molecule has 2 amide bonds. The Labute approximate surface area is 110 Å². The van der Waals surface area contributed by atoms with E-state index in [1.165, 1.54) is 6.07 Å². The minimum absolute atomic E-state index is 0.372. The summed E-state index contributed by atoms with van der Waals surface area (Å²) in [6, 6.07) is 4.88. The van der Waals surface area contributed by atoms with Gasteiger partial charge in [0.15, 0.2) is 6.61 Å². The van der Waals surface area contributed by atoms with Crippen LogP contribution in [-0.4, -0.2) is 18.4 Å². The number of nitrogens with one attached hydrogen (secondary N) is 1. The van der Waals surface area contributed by atoms with Gasteiger partial charge < -0.3 is 5.73 Å². The highest BCUT2D eigenvalue weighted by atomic mass is 127. The zero-order chi connectivity index (χ0) is 12.1. The summed E-state index contributed by atoms with van der Waals surface area (Å²) in [5, 5.41) is 0.445. The van der Waals surface area contributed by atoms with Gasteiger partial charge in [0.25, 0.3) is 5.91 Å². The predicted molar refractivity (Wildman–Crippen MR) is 66.8 cm³/mol. The first kappa shape index (κ1) is 13.2.